The number of aryl methyl sites for hydroxylation is 2. The van der Waals surface area contributed by atoms with Crippen LogP contribution in [0.15, 0.2) is 23.2 Å². The van der Waals surface area contributed by atoms with Gasteiger partial charge in [-0.3, -0.25) is 4.79 Å². The van der Waals surface area contributed by atoms with Crippen LogP contribution < -0.4 is 0 Å². The summed E-state index contributed by atoms with van der Waals surface area (Å²) in [5.41, 5.74) is 2.35. The van der Waals surface area contributed by atoms with Gasteiger partial charge in [0.15, 0.2) is 0 Å². The molecule has 3 heteroatoms. The lowest BCUT2D eigenvalue weighted by atomic mass is 10.1. The van der Waals surface area contributed by atoms with Gasteiger partial charge in [0.2, 0.25) is 6.08 Å². The predicted molar refractivity (Wildman–Crippen MR) is 48.4 cm³/mol. The molecule has 0 aliphatic heterocycles. The lowest BCUT2D eigenvalue weighted by molar-refractivity contribution is 0.100. The van der Waals surface area contributed by atoms with Crippen LogP contribution in [0.25, 0.3) is 0 Å². The van der Waals surface area contributed by atoms with Crippen molar-refractivity contribution in [2.45, 2.75) is 13.8 Å². The normalized spacial score (nSPS) is 9.08. The summed E-state index contributed by atoms with van der Waals surface area (Å²) in [7, 11) is 0. The SMILES string of the molecule is Cc1ccc(C(=O)N=C=O)c(C)c1. The molecule has 0 heterocycles. The highest BCUT2D eigenvalue weighted by Gasteiger charge is 2.06. The summed E-state index contributed by atoms with van der Waals surface area (Å²) in [5.74, 6) is -0.535. The Morgan fingerprint density at radius 2 is 2.08 bits per heavy atom. The molecule has 0 aromatic heterocycles. The molecular weight excluding hydrogens is 166 g/mol. The van der Waals surface area contributed by atoms with E-state index in [2.05, 4.69) is 4.99 Å². The van der Waals surface area contributed by atoms with Crippen molar-refractivity contribution in [1.82, 2.24) is 0 Å². The monoisotopic (exact) mass is 175 g/mol. The zero-order valence-electron chi connectivity index (χ0n) is 7.50. The van der Waals surface area contributed by atoms with Gasteiger partial charge in [0, 0.05) is 5.56 Å². The third-order valence-corrected chi connectivity index (χ3v) is 1.76. The molecule has 0 aliphatic carbocycles. The second-order valence-corrected chi connectivity index (χ2v) is 2.83. The number of benzene rings is 1. The fourth-order valence-electron chi connectivity index (χ4n) is 1.16. The largest absolute Gasteiger partial charge is 0.287 e. The van der Waals surface area contributed by atoms with E-state index >= 15 is 0 Å². The molecule has 0 aliphatic rings. The van der Waals surface area contributed by atoms with Crippen LogP contribution in [0.1, 0.15) is 21.5 Å². The van der Waals surface area contributed by atoms with Crippen LogP contribution in [0, 0.1) is 13.8 Å². The summed E-state index contributed by atoms with van der Waals surface area (Å²) in [5, 5.41) is 0. The van der Waals surface area contributed by atoms with Gasteiger partial charge in [-0.05, 0) is 25.5 Å². The van der Waals surface area contributed by atoms with Crippen molar-refractivity contribution in [2.24, 2.45) is 4.99 Å². The number of rotatable bonds is 1. The van der Waals surface area contributed by atoms with Crippen LogP contribution in [0.3, 0.4) is 0 Å². The van der Waals surface area contributed by atoms with Crippen molar-refractivity contribution < 1.29 is 9.59 Å². The fraction of sp³-hybridized carbons (Fsp3) is 0.200. The average molecular weight is 175 g/mol. The van der Waals surface area contributed by atoms with Crippen LogP contribution >= 0.6 is 0 Å². The zero-order valence-corrected chi connectivity index (χ0v) is 7.50. The summed E-state index contributed by atoms with van der Waals surface area (Å²) in [6.07, 6.45) is 1.23. The molecule has 13 heavy (non-hydrogen) atoms. The average Bonchev–Trinajstić information content (AvgIpc) is 2.04. The minimum absolute atomic E-state index is 0.453. The second kappa shape index (κ2) is 3.78. The maximum atomic E-state index is 11.1. The summed E-state index contributed by atoms with van der Waals surface area (Å²) >= 11 is 0. The van der Waals surface area contributed by atoms with Gasteiger partial charge in [-0.1, -0.05) is 17.7 Å². The quantitative estimate of drug-likeness (QED) is 0.482. The second-order valence-electron chi connectivity index (χ2n) is 2.83. The number of hydrogen-bond donors (Lipinski definition) is 0. The molecule has 0 radical (unpaired) electrons. The molecular formula is C10H9NO2. The smallest absolute Gasteiger partial charge is 0.266 e. The van der Waals surface area contributed by atoms with Gasteiger partial charge in [0.1, 0.15) is 0 Å². The number of hydrogen-bond acceptors (Lipinski definition) is 2. The maximum Gasteiger partial charge on any atom is 0.287 e. The minimum atomic E-state index is -0.535. The first kappa shape index (κ1) is 9.36. The number of carbonyl (C=O) groups excluding carboxylic acids is 2. The first-order chi connectivity index (χ1) is 6.15. The Morgan fingerprint density at radius 1 is 1.38 bits per heavy atom. The van der Waals surface area contributed by atoms with Crippen molar-refractivity contribution in [2.75, 3.05) is 0 Å². The highest BCUT2D eigenvalue weighted by molar-refractivity contribution is 5.98. The summed E-state index contributed by atoms with van der Waals surface area (Å²) in [4.78, 5) is 24.0. The lowest BCUT2D eigenvalue weighted by Crippen LogP contribution is -1.97. The van der Waals surface area contributed by atoms with Gasteiger partial charge in [-0.2, -0.15) is 0 Å². The Morgan fingerprint density at radius 3 is 2.62 bits per heavy atom. The number of isocyanates is 1. The van der Waals surface area contributed by atoms with Crippen LogP contribution in [0.4, 0.5) is 0 Å². The molecule has 0 spiro atoms. The molecule has 1 aromatic carbocycles. The van der Waals surface area contributed by atoms with E-state index in [-0.39, 0.29) is 0 Å². The van der Waals surface area contributed by atoms with Gasteiger partial charge < -0.3 is 0 Å². The van der Waals surface area contributed by atoms with Crippen molar-refractivity contribution in [1.29, 1.82) is 0 Å². The van der Waals surface area contributed by atoms with Crippen molar-refractivity contribution in [3.05, 3.63) is 34.9 Å². The Balaban J connectivity index is 3.16. The Hall–Kier alpha value is -1.73. The van der Waals surface area contributed by atoms with Crippen molar-refractivity contribution in [3.8, 4) is 0 Å². The van der Waals surface area contributed by atoms with E-state index in [0.717, 1.165) is 11.1 Å². The number of aliphatic imine (C=N–C) groups is 1. The highest BCUT2D eigenvalue weighted by Crippen LogP contribution is 2.11. The number of amides is 1. The molecule has 0 saturated carbocycles. The molecule has 0 saturated heterocycles. The third kappa shape index (κ3) is 2.10. The van der Waals surface area contributed by atoms with E-state index in [4.69, 9.17) is 0 Å². The first-order valence-electron chi connectivity index (χ1n) is 3.84. The van der Waals surface area contributed by atoms with Crippen LogP contribution in [-0.4, -0.2) is 12.0 Å². The fourth-order valence-corrected chi connectivity index (χ4v) is 1.16. The topological polar surface area (TPSA) is 46.5 Å². The van der Waals surface area contributed by atoms with Crippen LogP contribution in [0.5, 0.6) is 0 Å². The van der Waals surface area contributed by atoms with E-state index in [0.29, 0.717) is 5.56 Å². The summed E-state index contributed by atoms with van der Waals surface area (Å²) in [6, 6.07) is 5.34. The van der Waals surface area contributed by atoms with E-state index in [1.165, 1.54) is 6.08 Å². The molecule has 0 bridgehead atoms. The molecule has 3 nitrogen and oxygen atoms in total. The number of carbonyl (C=O) groups is 1. The Labute approximate surface area is 76.1 Å². The van der Waals surface area contributed by atoms with Gasteiger partial charge >= 0.3 is 0 Å². The minimum Gasteiger partial charge on any atom is -0.266 e. The van der Waals surface area contributed by atoms with Crippen LogP contribution in [-0.2, 0) is 4.79 Å². The first-order valence-corrected chi connectivity index (χ1v) is 3.84. The Kier molecular flexibility index (Phi) is 2.72. The van der Waals surface area contributed by atoms with Crippen molar-refractivity contribution >= 4 is 12.0 Å². The van der Waals surface area contributed by atoms with E-state index in [9.17, 15) is 9.59 Å². The van der Waals surface area contributed by atoms with Gasteiger partial charge in [0.05, 0.1) is 0 Å². The molecule has 0 atom stereocenters. The van der Waals surface area contributed by atoms with Gasteiger partial charge in [-0.15, -0.1) is 4.99 Å². The molecule has 1 rings (SSSR count). The molecule has 0 unspecified atom stereocenters. The van der Waals surface area contributed by atoms with Crippen molar-refractivity contribution in [3.63, 3.8) is 0 Å². The molecule has 1 aromatic rings. The summed E-state index contributed by atoms with van der Waals surface area (Å²) < 4.78 is 0. The highest BCUT2D eigenvalue weighted by atomic mass is 16.2. The maximum absolute atomic E-state index is 11.1. The summed E-state index contributed by atoms with van der Waals surface area (Å²) in [6.45, 7) is 3.74. The van der Waals surface area contributed by atoms with Gasteiger partial charge in [-0.25, -0.2) is 4.79 Å². The molecule has 66 valence electrons. The predicted octanol–water partition coefficient (Wildman–Crippen LogP) is 1.78. The van der Waals surface area contributed by atoms with Crippen LogP contribution in [0.2, 0.25) is 0 Å². The lowest BCUT2D eigenvalue weighted by Gasteiger charge is -2.00. The standard InChI is InChI=1S/C10H9NO2/c1-7-3-4-9(8(2)5-7)10(13)11-6-12/h3-5H,1-2H3. The molecule has 0 N–H and O–H groups in total. The van der Waals surface area contributed by atoms with E-state index in [1.807, 2.05) is 13.0 Å². The molecule has 0 fully saturated rings. The zero-order chi connectivity index (χ0) is 9.84. The number of nitrogens with zero attached hydrogens (tertiary/aromatic N) is 1. The van der Waals surface area contributed by atoms with Gasteiger partial charge in [0.25, 0.3) is 5.91 Å². The van der Waals surface area contributed by atoms with E-state index < -0.39 is 5.91 Å². The van der Waals surface area contributed by atoms with E-state index in [1.54, 1.807) is 19.1 Å². The molecule has 1 amide bonds. The Bertz CT molecular complexity index is 390. The third-order valence-electron chi connectivity index (χ3n) is 1.76.